The van der Waals surface area contributed by atoms with Crippen LogP contribution >= 0.6 is 0 Å². The molecule has 3 aromatic rings. The van der Waals surface area contributed by atoms with Gasteiger partial charge in [-0.2, -0.15) is 0 Å². The van der Waals surface area contributed by atoms with Crippen molar-refractivity contribution in [2.45, 2.75) is 32.7 Å². The molecule has 2 N–H and O–H groups in total. The summed E-state index contributed by atoms with van der Waals surface area (Å²) in [6, 6.07) is 11.7. The highest BCUT2D eigenvalue weighted by Gasteiger charge is 2.25. The maximum absolute atomic E-state index is 12.6. The molecule has 30 heavy (non-hydrogen) atoms. The van der Waals surface area contributed by atoms with Crippen molar-refractivity contribution in [1.82, 2.24) is 19.8 Å². The van der Waals surface area contributed by atoms with E-state index in [-0.39, 0.29) is 23.4 Å². The SMILES string of the molecule is Cc1ccc(C)n1C1CCN(C(=O)CNC(=O)c2c[nH]c3ccccc3c2=O)CC1. The minimum Gasteiger partial charge on any atom is -0.360 e. The second-order valence-electron chi connectivity index (χ2n) is 7.86. The van der Waals surface area contributed by atoms with E-state index in [4.69, 9.17) is 0 Å². The van der Waals surface area contributed by atoms with Crippen LogP contribution < -0.4 is 10.7 Å². The number of nitrogens with zero attached hydrogens (tertiary/aromatic N) is 2. The number of H-pyrrole nitrogens is 1. The van der Waals surface area contributed by atoms with Crippen LogP contribution in [0.2, 0.25) is 0 Å². The Morgan fingerprint density at radius 2 is 1.73 bits per heavy atom. The van der Waals surface area contributed by atoms with Crippen LogP contribution in [0.1, 0.15) is 40.6 Å². The zero-order chi connectivity index (χ0) is 21.3. The predicted octanol–water partition coefficient (Wildman–Crippen LogP) is 2.54. The topological polar surface area (TPSA) is 87.2 Å². The molecule has 0 radical (unpaired) electrons. The first-order valence-electron chi connectivity index (χ1n) is 10.3. The fraction of sp³-hybridized carbons (Fsp3) is 0.348. The molecule has 4 rings (SSSR count). The number of aromatic amines is 1. The van der Waals surface area contributed by atoms with Crippen molar-refractivity contribution in [3.05, 3.63) is 69.8 Å². The Hall–Kier alpha value is -3.35. The van der Waals surface area contributed by atoms with Gasteiger partial charge < -0.3 is 19.8 Å². The van der Waals surface area contributed by atoms with E-state index in [0.717, 1.165) is 12.8 Å². The summed E-state index contributed by atoms with van der Waals surface area (Å²) in [5.41, 5.74) is 2.83. The van der Waals surface area contributed by atoms with Gasteiger partial charge in [-0.3, -0.25) is 14.4 Å². The standard InChI is InChI=1S/C23H26N4O3/c1-15-7-8-16(2)27(15)17-9-11-26(12-10-17)21(28)14-25-23(30)19-13-24-20-6-4-3-5-18(20)22(19)29/h3-8,13,17H,9-12,14H2,1-2H3,(H,24,29)(H,25,30). The number of rotatable bonds is 4. The van der Waals surface area contributed by atoms with Crippen LogP contribution in [0.15, 0.2) is 47.4 Å². The largest absolute Gasteiger partial charge is 0.360 e. The van der Waals surface area contributed by atoms with Crippen LogP contribution in [0.5, 0.6) is 0 Å². The first kappa shape index (κ1) is 19.9. The molecule has 1 aliphatic rings. The molecule has 1 aromatic carbocycles. The van der Waals surface area contributed by atoms with Crippen LogP contribution in [0.25, 0.3) is 10.9 Å². The van der Waals surface area contributed by atoms with Crippen LogP contribution in [-0.4, -0.2) is 45.9 Å². The Morgan fingerprint density at radius 1 is 1.07 bits per heavy atom. The van der Waals surface area contributed by atoms with Crippen molar-refractivity contribution >= 4 is 22.7 Å². The minimum atomic E-state index is -0.538. The zero-order valence-corrected chi connectivity index (χ0v) is 17.3. The lowest BCUT2D eigenvalue weighted by atomic mass is 10.0. The lowest BCUT2D eigenvalue weighted by Crippen LogP contribution is -2.45. The number of para-hydroxylation sites is 1. The first-order chi connectivity index (χ1) is 14.5. The molecule has 1 aliphatic heterocycles. The molecular formula is C23H26N4O3. The number of carbonyl (C=O) groups is 2. The maximum Gasteiger partial charge on any atom is 0.257 e. The molecule has 0 spiro atoms. The van der Waals surface area contributed by atoms with E-state index in [1.165, 1.54) is 17.6 Å². The third-order valence-electron chi connectivity index (χ3n) is 5.94. The summed E-state index contributed by atoms with van der Waals surface area (Å²) in [6.07, 6.45) is 3.18. The highest BCUT2D eigenvalue weighted by Crippen LogP contribution is 2.26. The normalized spacial score (nSPS) is 14.8. The van der Waals surface area contributed by atoms with E-state index in [9.17, 15) is 14.4 Å². The van der Waals surface area contributed by atoms with Gasteiger partial charge in [-0.25, -0.2) is 0 Å². The molecule has 0 bridgehead atoms. The Bertz CT molecular complexity index is 1130. The quantitative estimate of drug-likeness (QED) is 0.698. The van der Waals surface area contributed by atoms with Gasteiger partial charge in [0.1, 0.15) is 5.56 Å². The first-order valence-corrected chi connectivity index (χ1v) is 10.3. The van der Waals surface area contributed by atoms with Crippen LogP contribution in [0.3, 0.4) is 0 Å². The second-order valence-corrected chi connectivity index (χ2v) is 7.86. The summed E-state index contributed by atoms with van der Waals surface area (Å²) in [4.78, 5) is 42.3. The Balaban J connectivity index is 1.35. The monoisotopic (exact) mass is 406 g/mol. The summed E-state index contributed by atoms with van der Waals surface area (Å²) >= 11 is 0. The predicted molar refractivity (Wildman–Crippen MR) is 116 cm³/mol. The fourth-order valence-electron chi connectivity index (χ4n) is 4.33. The number of piperidine rings is 1. The average Bonchev–Trinajstić information content (AvgIpc) is 3.10. The Kier molecular flexibility index (Phi) is 5.44. The van der Waals surface area contributed by atoms with Gasteiger partial charge in [-0.05, 0) is 51.0 Å². The van der Waals surface area contributed by atoms with Crippen LogP contribution in [0, 0.1) is 13.8 Å². The number of nitrogens with one attached hydrogen (secondary N) is 2. The molecule has 7 heteroatoms. The van der Waals surface area contributed by atoms with E-state index < -0.39 is 5.91 Å². The van der Waals surface area contributed by atoms with Gasteiger partial charge in [-0.1, -0.05) is 12.1 Å². The molecule has 7 nitrogen and oxygen atoms in total. The Morgan fingerprint density at radius 3 is 2.43 bits per heavy atom. The molecule has 0 saturated carbocycles. The number of aromatic nitrogens is 2. The summed E-state index contributed by atoms with van der Waals surface area (Å²) in [5, 5.41) is 3.06. The molecule has 0 aliphatic carbocycles. The molecule has 1 fully saturated rings. The number of fused-ring (bicyclic) bond motifs is 1. The van der Waals surface area contributed by atoms with Gasteiger partial charge in [-0.15, -0.1) is 0 Å². The number of hydrogen-bond donors (Lipinski definition) is 2. The number of hydrogen-bond acceptors (Lipinski definition) is 3. The second kappa shape index (κ2) is 8.18. The van der Waals surface area contributed by atoms with Crippen molar-refractivity contribution in [3.63, 3.8) is 0 Å². The van der Waals surface area contributed by atoms with Crippen molar-refractivity contribution in [1.29, 1.82) is 0 Å². The molecule has 3 heterocycles. The van der Waals surface area contributed by atoms with Crippen LogP contribution in [-0.2, 0) is 4.79 Å². The lowest BCUT2D eigenvalue weighted by molar-refractivity contribution is -0.131. The molecule has 1 saturated heterocycles. The van der Waals surface area contributed by atoms with Crippen molar-refractivity contribution in [2.75, 3.05) is 19.6 Å². The molecule has 0 atom stereocenters. The number of likely N-dealkylation sites (tertiary alicyclic amines) is 1. The molecule has 156 valence electrons. The Labute approximate surface area is 174 Å². The molecule has 2 amide bonds. The van der Waals surface area contributed by atoms with Crippen molar-refractivity contribution in [3.8, 4) is 0 Å². The molecular weight excluding hydrogens is 380 g/mol. The molecule has 2 aromatic heterocycles. The number of carbonyl (C=O) groups excluding carboxylic acids is 2. The smallest absolute Gasteiger partial charge is 0.257 e. The number of amides is 2. The van der Waals surface area contributed by atoms with E-state index in [0.29, 0.717) is 30.0 Å². The number of pyridine rings is 1. The zero-order valence-electron chi connectivity index (χ0n) is 17.3. The molecule has 0 unspecified atom stereocenters. The third kappa shape index (κ3) is 3.75. The minimum absolute atomic E-state index is 0.0127. The lowest BCUT2D eigenvalue weighted by Gasteiger charge is -2.34. The highest BCUT2D eigenvalue weighted by molar-refractivity contribution is 5.98. The third-order valence-corrected chi connectivity index (χ3v) is 5.94. The van der Waals surface area contributed by atoms with Crippen LogP contribution in [0.4, 0.5) is 0 Å². The van der Waals surface area contributed by atoms with Gasteiger partial charge in [0.15, 0.2) is 0 Å². The number of benzene rings is 1. The summed E-state index contributed by atoms with van der Waals surface area (Å²) < 4.78 is 2.34. The summed E-state index contributed by atoms with van der Waals surface area (Å²) in [5.74, 6) is -0.663. The van der Waals surface area contributed by atoms with Gasteiger partial charge in [0, 0.05) is 47.6 Å². The summed E-state index contributed by atoms with van der Waals surface area (Å²) in [7, 11) is 0. The highest BCUT2D eigenvalue weighted by atomic mass is 16.2. The van der Waals surface area contributed by atoms with Crippen molar-refractivity contribution < 1.29 is 9.59 Å². The fourth-order valence-corrected chi connectivity index (χ4v) is 4.33. The maximum atomic E-state index is 12.6. The van der Waals surface area contributed by atoms with Gasteiger partial charge in [0.2, 0.25) is 11.3 Å². The van der Waals surface area contributed by atoms with Gasteiger partial charge in [0.05, 0.1) is 6.54 Å². The van der Waals surface area contributed by atoms with Gasteiger partial charge in [0.25, 0.3) is 5.91 Å². The van der Waals surface area contributed by atoms with Gasteiger partial charge >= 0.3 is 0 Å². The summed E-state index contributed by atoms with van der Waals surface area (Å²) in [6.45, 7) is 5.42. The van der Waals surface area contributed by atoms with E-state index in [2.05, 4.69) is 40.8 Å². The number of aryl methyl sites for hydroxylation is 2. The van der Waals surface area contributed by atoms with E-state index in [1.54, 1.807) is 23.1 Å². The van der Waals surface area contributed by atoms with Crippen molar-refractivity contribution in [2.24, 2.45) is 0 Å². The average molecular weight is 406 g/mol. The van der Waals surface area contributed by atoms with E-state index in [1.807, 2.05) is 6.07 Å². The van der Waals surface area contributed by atoms with E-state index >= 15 is 0 Å².